The number of thiazole rings is 1. The van der Waals surface area contributed by atoms with Gasteiger partial charge in [-0.2, -0.15) is 0 Å². The maximum atomic E-state index is 12.2. The summed E-state index contributed by atoms with van der Waals surface area (Å²) in [6.45, 7) is 5.85. The first kappa shape index (κ1) is 15.2. The van der Waals surface area contributed by atoms with Gasteiger partial charge in [0.05, 0.1) is 16.7 Å². The lowest BCUT2D eigenvalue weighted by Gasteiger charge is -2.24. The molecule has 2 rings (SSSR count). The summed E-state index contributed by atoms with van der Waals surface area (Å²) in [6, 6.07) is 2.71. The van der Waals surface area contributed by atoms with Gasteiger partial charge >= 0.3 is 6.03 Å². The van der Waals surface area contributed by atoms with E-state index >= 15 is 0 Å². The van der Waals surface area contributed by atoms with Crippen molar-refractivity contribution in [2.75, 3.05) is 12.4 Å². The van der Waals surface area contributed by atoms with E-state index in [1.807, 2.05) is 20.8 Å². The molecule has 0 aliphatic carbocycles. The number of urea groups is 1. The van der Waals surface area contributed by atoms with E-state index in [9.17, 15) is 9.59 Å². The fourth-order valence-corrected chi connectivity index (χ4v) is 2.92. The standard InChI is InChI=1S/C14H18N4O2S/c1-8(12-9(2)21-10(3)16-12)18(4)14(20)17-11-6-5-7-15-13(11)19/h5-8H,1-4H3,(H,15,19)(H,17,20). The fraction of sp³-hybridized carbons (Fsp3) is 0.357. The van der Waals surface area contributed by atoms with Crippen LogP contribution >= 0.6 is 11.3 Å². The van der Waals surface area contributed by atoms with Crippen molar-refractivity contribution >= 4 is 23.1 Å². The van der Waals surface area contributed by atoms with Crippen LogP contribution in [0.5, 0.6) is 0 Å². The molecular formula is C14H18N4O2S. The van der Waals surface area contributed by atoms with Crippen molar-refractivity contribution in [1.82, 2.24) is 14.9 Å². The first-order valence-corrected chi connectivity index (χ1v) is 7.37. The molecule has 6 nitrogen and oxygen atoms in total. The number of aryl methyl sites for hydroxylation is 2. The molecule has 0 aliphatic heterocycles. The van der Waals surface area contributed by atoms with Gasteiger partial charge in [0, 0.05) is 18.1 Å². The van der Waals surface area contributed by atoms with Crippen molar-refractivity contribution in [2.24, 2.45) is 0 Å². The van der Waals surface area contributed by atoms with Crippen LogP contribution in [0.4, 0.5) is 10.5 Å². The zero-order valence-electron chi connectivity index (χ0n) is 12.4. The van der Waals surface area contributed by atoms with Crippen LogP contribution in [0.25, 0.3) is 0 Å². The van der Waals surface area contributed by atoms with Crippen LogP contribution in [-0.2, 0) is 0 Å². The van der Waals surface area contributed by atoms with E-state index in [2.05, 4.69) is 15.3 Å². The Balaban J connectivity index is 2.14. The van der Waals surface area contributed by atoms with Gasteiger partial charge in [0.1, 0.15) is 5.69 Å². The van der Waals surface area contributed by atoms with E-state index in [1.165, 1.54) is 11.1 Å². The number of aromatic nitrogens is 2. The third-order valence-corrected chi connectivity index (χ3v) is 4.20. The van der Waals surface area contributed by atoms with Crippen molar-refractivity contribution in [1.29, 1.82) is 0 Å². The normalized spacial score (nSPS) is 12.0. The second kappa shape index (κ2) is 6.09. The molecule has 1 atom stereocenters. The zero-order valence-corrected chi connectivity index (χ0v) is 13.2. The SMILES string of the molecule is Cc1nc(C(C)N(C)C(=O)Nc2ccc[nH]c2=O)c(C)s1. The number of rotatable bonds is 3. The van der Waals surface area contributed by atoms with E-state index in [-0.39, 0.29) is 23.3 Å². The molecular weight excluding hydrogens is 288 g/mol. The molecule has 2 aromatic heterocycles. The highest BCUT2D eigenvalue weighted by molar-refractivity contribution is 7.11. The Hall–Kier alpha value is -2.15. The Bertz CT molecular complexity index is 707. The van der Waals surface area contributed by atoms with Gasteiger partial charge in [-0.1, -0.05) is 0 Å². The molecule has 0 fully saturated rings. The van der Waals surface area contributed by atoms with Gasteiger partial charge in [-0.25, -0.2) is 9.78 Å². The quantitative estimate of drug-likeness (QED) is 0.915. The van der Waals surface area contributed by atoms with Crippen LogP contribution in [0, 0.1) is 13.8 Å². The molecule has 0 saturated carbocycles. The Labute approximate surface area is 126 Å². The van der Waals surface area contributed by atoms with Gasteiger partial charge in [0.25, 0.3) is 5.56 Å². The van der Waals surface area contributed by atoms with Gasteiger partial charge in [-0.05, 0) is 32.9 Å². The molecule has 2 amide bonds. The number of anilines is 1. The van der Waals surface area contributed by atoms with E-state index in [0.29, 0.717) is 0 Å². The van der Waals surface area contributed by atoms with Gasteiger partial charge < -0.3 is 15.2 Å². The van der Waals surface area contributed by atoms with Crippen LogP contribution in [-0.4, -0.2) is 27.9 Å². The number of amides is 2. The van der Waals surface area contributed by atoms with Gasteiger partial charge in [0.15, 0.2) is 0 Å². The predicted octanol–water partition coefficient (Wildman–Crippen LogP) is 2.67. The Morgan fingerprint density at radius 1 is 1.48 bits per heavy atom. The van der Waals surface area contributed by atoms with Gasteiger partial charge in [-0.3, -0.25) is 4.79 Å². The molecule has 2 heterocycles. The van der Waals surface area contributed by atoms with Crippen molar-refractivity contribution in [3.8, 4) is 0 Å². The first-order chi connectivity index (χ1) is 9.90. The molecule has 7 heteroatoms. The fourth-order valence-electron chi connectivity index (χ4n) is 2.02. The number of pyridine rings is 1. The molecule has 1 unspecified atom stereocenters. The number of H-pyrrole nitrogens is 1. The number of hydrogen-bond donors (Lipinski definition) is 2. The summed E-state index contributed by atoms with van der Waals surface area (Å²) in [5, 5.41) is 3.58. The van der Waals surface area contributed by atoms with Crippen molar-refractivity contribution in [3.05, 3.63) is 44.3 Å². The monoisotopic (exact) mass is 306 g/mol. The predicted molar refractivity (Wildman–Crippen MR) is 83.8 cm³/mol. The van der Waals surface area contributed by atoms with E-state index in [4.69, 9.17) is 0 Å². The minimum Gasteiger partial charge on any atom is -0.327 e. The van der Waals surface area contributed by atoms with Gasteiger partial charge in [-0.15, -0.1) is 11.3 Å². The Kier molecular flexibility index (Phi) is 4.42. The highest BCUT2D eigenvalue weighted by atomic mass is 32.1. The summed E-state index contributed by atoms with van der Waals surface area (Å²) in [4.78, 5) is 33.4. The minimum atomic E-state index is -0.343. The van der Waals surface area contributed by atoms with E-state index in [1.54, 1.807) is 30.5 Å². The van der Waals surface area contributed by atoms with Crippen molar-refractivity contribution < 1.29 is 4.79 Å². The number of carbonyl (C=O) groups is 1. The molecule has 0 aromatic carbocycles. The lowest BCUT2D eigenvalue weighted by Crippen LogP contribution is -2.35. The number of nitrogens with zero attached hydrogens (tertiary/aromatic N) is 2. The second-order valence-corrected chi connectivity index (χ2v) is 6.21. The molecule has 112 valence electrons. The number of hydrogen-bond acceptors (Lipinski definition) is 4. The molecule has 0 aliphatic rings. The molecule has 0 radical (unpaired) electrons. The van der Waals surface area contributed by atoms with Crippen molar-refractivity contribution in [3.63, 3.8) is 0 Å². The summed E-state index contributed by atoms with van der Waals surface area (Å²) in [5.41, 5.74) is 0.789. The minimum absolute atomic E-state index is 0.169. The summed E-state index contributed by atoms with van der Waals surface area (Å²) >= 11 is 1.61. The molecule has 2 aromatic rings. The average molecular weight is 306 g/mol. The number of aromatic amines is 1. The molecule has 2 N–H and O–H groups in total. The topological polar surface area (TPSA) is 78.1 Å². The summed E-state index contributed by atoms with van der Waals surface area (Å²) in [5.74, 6) is 0. The van der Waals surface area contributed by atoms with Crippen LogP contribution in [0.2, 0.25) is 0 Å². The van der Waals surface area contributed by atoms with Crippen LogP contribution in [0.3, 0.4) is 0 Å². The third kappa shape index (κ3) is 3.30. The summed E-state index contributed by atoms with van der Waals surface area (Å²) in [6.07, 6.45) is 1.52. The maximum Gasteiger partial charge on any atom is 0.322 e. The van der Waals surface area contributed by atoms with Crippen LogP contribution in [0.15, 0.2) is 23.1 Å². The first-order valence-electron chi connectivity index (χ1n) is 6.55. The largest absolute Gasteiger partial charge is 0.327 e. The van der Waals surface area contributed by atoms with E-state index in [0.717, 1.165) is 15.6 Å². The molecule has 0 spiro atoms. The van der Waals surface area contributed by atoms with E-state index < -0.39 is 0 Å². The van der Waals surface area contributed by atoms with Crippen molar-refractivity contribution in [2.45, 2.75) is 26.8 Å². The molecule has 21 heavy (non-hydrogen) atoms. The number of carbonyl (C=O) groups excluding carboxylic acids is 1. The summed E-state index contributed by atoms with van der Waals surface area (Å²) in [7, 11) is 1.69. The maximum absolute atomic E-state index is 12.2. The average Bonchev–Trinajstić information content (AvgIpc) is 2.78. The molecule has 0 bridgehead atoms. The van der Waals surface area contributed by atoms with Crippen LogP contribution in [0.1, 0.15) is 28.5 Å². The third-order valence-electron chi connectivity index (χ3n) is 3.30. The zero-order chi connectivity index (χ0) is 15.6. The second-order valence-electron chi connectivity index (χ2n) is 4.80. The Morgan fingerprint density at radius 2 is 2.19 bits per heavy atom. The highest BCUT2D eigenvalue weighted by Crippen LogP contribution is 2.26. The Morgan fingerprint density at radius 3 is 2.76 bits per heavy atom. The highest BCUT2D eigenvalue weighted by Gasteiger charge is 2.22. The smallest absolute Gasteiger partial charge is 0.322 e. The van der Waals surface area contributed by atoms with Crippen LogP contribution < -0.4 is 10.9 Å². The summed E-state index contributed by atoms with van der Waals surface area (Å²) < 4.78 is 0. The lowest BCUT2D eigenvalue weighted by atomic mass is 10.2. The molecule has 0 saturated heterocycles. The van der Waals surface area contributed by atoms with Gasteiger partial charge in [0.2, 0.25) is 0 Å². The number of nitrogens with one attached hydrogen (secondary N) is 2. The lowest BCUT2D eigenvalue weighted by molar-refractivity contribution is 0.207.